The molecule has 0 aliphatic rings. The average Bonchev–Trinajstić information content (AvgIpc) is 2.58. The van der Waals surface area contributed by atoms with E-state index in [1.165, 1.54) is 45.6 Å². The van der Waals surface area contributed by atoms with Gasteiger partial charge in [0.05, 0.1) is 13.2 Å². The van der Waals surface area contributed by atoms with Gasteiger partial charge in [-0.05, 0) is 45.3 Å². The highest BCUT2D eigenvalue weighted by atomic mass is 28.4. The Morgan fingerprint density at radius 1 is 0.962 bits per heavy atom. The lowest BCUT2D eigenvalue weighted by atomic mass is 10.1. The van der Waals surface area contributed by atoms with Crippen LogP contribution < -0.4 is 0 Å². The smallest absolute Gasteiger partial charge is 0.305 e. The van der Waals surface area contributed by atoms with Gasteiger partial charge in [0.15, 0.2) is 8.32 Å². The maximum Gasteiger partial charge on any atom is 0.305 e. The van der Waals surface area contributed by atoms with Crippen molar-refractivity contribution in [3.05, 3.63) is 24.3 Å². The van der Waals surface area contributed by atoms with Crippen LogP contribution in [0.1, 0.15) is 77.6 Å². The number of hydrogen-bond donors (Lipinski definition) is 0. The first-order chi connectivity index (χ1) is 12.4. The fourth-order valence-corrected chi connectivity index (χ4v) is 3.88. The maximum atomic E-state index is 11.0. The first kappa shape index (κ1) is 25.1. The lowest BCUT2D eigenvalue weighted by Crippen LogP contribution is -2.31. The predicted molar refractivity (Wildman–Crippen MR) is 115 cm³/mol. The summed E-state index contributed by atoms with van der Waals surface area (Å²) in [6, 6.07) is 0. The molecule has 152 valence electrons. The highest BCUT2D eigenvalue weighted by Crippen LogP contribution is 2.15. The zero-order valence-corrected chi connectivity index (χ0v) is 18.9. The van der Waals surface area contributed by atoms with Gasteiger partial charge in [0.2, 0.25) is 0 Å². The molecule has 0 bridgehead atoms. The van der Waals surface area contributed by atoms with Gasteiger partial charge in [-0.1, -0.05) is 69.8 Å². The second-order valence-electron chi connectivity index (χ2n) is 7.96. The van der Waals surface area contributed by atoms with Gasteiger partial charge in [-0.15, -0.1) is 0 Å². The highest BCUT2D eigenvalue weighted by Gasteiger charge is 2.18. The fraction of sp³-hybridized carbons (Fsp3) is 0.773. The monoisotopic (exact) mass is 382 g/mol. The van der Waals surface area contributed by atoms with Crippen LogP contribution in [0.4, 0.5) is 0 Å². The maximum absolute atomic E-state index is 11.0. The topological polar surface area (TPSA) is 35.5 Å². The molecule has 0 aromatic rings. The molecule has 0 saturated carbocycles. The lowest BCUT2D eigenvalue weighted by molar-refractivity contribution is -0.140. The van der Waals surface area contributed by atoms with Crippen molar-refractivity contribution in [3.63, 3.8) is 0 Å². The molecule has 0 amide bonds. The van der Waals surface area contributed by atoms with E-state index in [2.05, 4.69) is 55.6 Å². The van der Waals surface area contributed by atoms with Crippen LogP contribution in [0.15, 0.2) is 24.3 Å². The van der Waals surface area contributed by atoms with Crippen LogP contribution in [-0.4, -0.2) is 27.5 Å². The number of hydrogen-bond acceptors (Lipinski definition) is 3. The van der Waals surface area contributed by atoms with Crippen molar-refractivity contribution >= 4 is 14.3 Å². The summed E-state index contributed by atoms with van der Waals surface area (Å²) in [4.78, 5) is 11.0. The van der Waals surface area contributed by atoms with Gasteiger partial charge in [0.1, 0.15) is 0 Å². The Kier molecular flexibility index (Phi) is 15.8. The Bertz CT molecular complexity index is 397. The number of carbonyl (C=O) groups is 1. The largest absolute Gasteiger partial charge is 0.469 e. The summed E-state index contributed by atoms with van der Waals surface area (Å²) >= 11 is 0. The van der Waals surface area contributed by atoms with Crippen LogP contribution in [0.3, 0.4) is 0 Å². The van der Waals surface area contributed by atoms with Crippen LogP contribution in [0.2, 0.25) is 19.6 Å². The minimum Gasteiger partial charge on any atom is -0.469 e. The van der Waals surface area contributed by atoms with Crippen LogP contribution in [0.5, 0.6) is 0 Å². The number of methoxy groups -OCH3 is 1. The first-order valence-corrected chi connectivity index (χ1v) is 13.9. The molecular formula is C22H42O3Si. The summed E-state index contributed by atoms with van der Waals surface area (Å²) in [5.41, 5.74) is 0. The van der Waals surface area contributed by atoms with Gasteiger partial charge in [0.25, 0.3) is 0 Å². The molecule has 0 aliphatic carbocycles. The van der Waals surface area contributed by atoms with E-state index in [0.29, 0.717) is 6.42 Å². The van der Waals surface area contributed by atoms with Gasteiger partial charge in [0, 0.05) is 6.42 Å². The Labute approximate surface area is 163 Å². The van der Waals surface area contributed by atoms with Gasteiger partial charge in [-0.3, -0.25) is 4.79 Å². The summed E-state index contributed by atoms with van der Waals surface area (Å²) in [5, 5.41) is 0. The molecule has 0 rings (SSSR count). The number of unbranched alkanes of at least 4 members (excludes halogenated alkanes) is 7. The van der Waals surface area contributed by atoms with Gasteiger partial charge in [-0.2, -0.15) is 0 Å². The van der Waals surface area contributed by atoms with Crippen molar-refractivity contribution in [2.24, 2.45) is 0 Å². The van der Waals surface area contributed by atoms with E-state index >= 15 is 0 Å². The number of esters is 1. The van der Waals surface area contributed by atoms with Crippen molar-refractivity contribution in [3.8, 4) is 0 Å². The molecule has 0 aromatic heterocycles. The van der Waals surface area contributed by atoms with Crippen LogP contribution in [-0.2, 0) is 14.0 Å². The molecule has 0 heterocycles. The van der Waals surface area contributed by atoms with E-state index in [1.54, 1.807) is 0 Å². The molecule has 0 spiro atoms. The minimum absolute atomic E-state index is 0.0918. The molecule has 0 saturated heterocycles. The molecule has 1 unspecified atom stereocenters. The Hall–Kier alpha value is -0.873. The van der Waals surface area contributed by atoms with Crippen molar-refractivity contribution in [1.82, 2.24) is 0 Å². The second-order valence-corrected chi connectivity index (χ2v) is 12.4. The van der Waals surface area contributed by atoms with Crippen molar-refractivity contribution in [1.29, 1.82) is 0 Å². The summed E-state index contributed by atoms with van der Waals surface area (Å²) in [5.74, 6) is -0.0918. The lowest BCUT2D eigenvalue weighted by Gasteiger charge is -2.24. The number of ether oxygens (including phenoxy) is 1. The Balaban J connectivity index is 3.87. The van der Waals surface area contributed by atoms with Crippen LogP contribution >= 0.6 is 0 Å². The summed E-state index contributed by atoms with van der Waals surface area (Å²) in [6.07, 6.45) is 21.4. The average molecular weight is 383 g/mol. The van der Waals surface area contributed by atoms with Crippen LogP contribution in [0, 0.1) is 0 Å². The fourth-order valence-electron chi connectivity index (χ4n) is 2.77. The quantitative estimate of drug-likeness (QED) is 0.127. The van der Waals surface area contributed by atoms with E-state index in [1.807, 2.05) is 0 Å². The van der Waals surface area contributed by atoms with Crippen molar-refractivity contribution in [2.45, 2.75) is 103 Å². The number of rotatable bonds is 16. The third-order valence-electron chi connectivity index (χ3n) is 4.15. The molecule has 0 radical (unpaired) electrons. The molecule has 0 fully saturated rings. The van der Waals surface area contributed by atoms with Crippen molar-refractivity contribution in [2.75, 3.05) is 7.11 Å². The third kappa shape index (κ3) is 17.9. The van der Waals surface area contributed by atoms with Gasteiger partial charge < -0.3 is 9.16 Å². The summed E-state index contributed by atoms with van der Waals surface area (Å²) in [7, 11) is -0.0397. The summed E-state index contributed by atoms with van der Waals surface area (Å²) < 4.78 is 10.9. The normalized spacial score (nSPS) is 13.6. The molecule has 0 aliphatic heterocycles. The molecule has 4 heteroatoms. The van der Waals surface area contributed by atoms with Gasteiger partial charge >= 0.3 is 5.97 Å². The van der Waals surface area contributed by atoms with E-state index in [9.17, 15) is 4.79 Å². The first-order valence-electron chi connectivity index (χ1n) is 10.5. The highest BCUT2D eigenvalue weighted by molar-refractivity contribution is 6.69. The van der Waals surface area contributed by atoms with E-state index in [-0.39, 0.29) is 12.1 Å². The molecule has 26 heavy (non-hydrogen) atoms. The Morgan fingerprint density at radius 2 is 1.65 bits per heavy atom. The zero-order valence-electron chi connectivity index (χ0n) is 17.9. The van der Waals surface area contributed by atoms with E-state index in [0.717, 1.165) is 25.7 Å². The molecule has 1 atom stereocenters. The minimum atomic E-state index is -1.49. The molecule has 0 aromatic carbocycles. The SMILES string of the molecule is CCCCCC(C=CC=CCCCCCCCC(=O)OC)O[Si](C)(C)C. The number of allylic oxidation sites excluding steroid dienone is 3. The summed E-state index contributed by atoms with van der Waals surface area (Å²) in [6.45, 7) is 9.02. The molecule has 0 N–H and O–H groups in total. The van der Waals surface area contributed by atoms with Gasteiger partial charge in [-0.25, -0.2) is 0 Å². The second kappa shape index (κ2) is 16.3. The zero-order chi connectivity index (χ0) is 19.7. The number of carbonyl (C=O) groups excluding carboxylic acids is 1. The van der Waals surface area contributed by atoms with Crippen LogP contribution in [0.25, 0.3) is 0 Å². The van der Waals surface area contributed by atoms with E-state index < -0.39 is 8.32 Å². The predicted octanol–water partition coefficient (Wildman–Crippen LogP) is 6.80. The molecule has 3 nitrogen and oxygen atoms in total. The molecular weight excluding hydrogens is 340 g/mol. The van der Waals surface area contributed by atoms with E-state index in [4.69, 9.17) is 4.43 Å². The van der Waals surface area contributed by atoms with Crippen molar-refractivity contribution < 1.29 is 14.0 Å². The Morgan fingerprint density at radius 3 is 2.31 bits per heavy atom. The standard InChI is InChI=1S/C22H42O3Si/c1-6-7-15-18-21(25-26(3,4)5)19-16-13-11-9-8-10-12-14-17-20-22(23)24-2/h11,13,16,19,21H,6-10,12,14-15,17-18,20H2,1-5H3. The third-order valence-corrected chi connectivity index (χ3v) is 5.16.